The molecule has 1 N–H and O–H groups in total. The van der Waals surface area contributed by atoms with Crippen LogP contribution in [0.25, 0.3) is 0 Å². The minimum Gasteiger partial charge on any atom is -0.385 e. The zero-order valence-corrected chi connectivity index (χ0v) is 20.5. The van der Waals surface area contributed by atoms with Crippen molar-refractivity contribution in [3.63, 3.8) is 0 Å². The van der Waals surface area contributed by atoms with Crippen LogP contribution in [0.1, 0.15) is 57.1 Å². The molecular weight excluding hydrogens is 400 g/mol. The van der Waals surface area contributed by atoms with Crippen molar-refractivity contribution in [2.24, 2.45) is 10.9 Å². The van der Waals surface area contributed by atoms with Gasteiger partial charge in [-0.05, 0) is 62.6 Å². The summed E-state index contributed by atoms with van der Waals surface area (Å²) in [7, 11) is 1.74. The fourth-order valence-corrected chi connectivity index (χ4v) is 4.81. The third-order valence-corrected chi connectivity index (χ3v) is 6.58. The maximum Gasteiger partial charge on any atom is 0.194 e. The van der Waals surface area contributed by atoms with Crippen LogP contribution in [0.3, 0.4) is 0 Å². The highest BCUT2D eigenvalue weighted by molar-refractivity contribution is 5.80. The Bertz CT molecular complexity index is 688. The van der Waals surface area contributed by atoms with Gasteiger partial charge in [-0.25, -0.2) is 4.99 Å². The lowest BCUT2D eigenvalue weighted by molar-refractivity contribution is 0.00990. The van der Waals surface area contributed by atoms with Gasteiger partial charge in [0.05, 0.1) is 12.6 Å². The Morgan fingerprint density at radius 1 is 1.09 bits per heavy atom. The molecule has 0 saturated carbocycles. The summed E-state index contributed by atoms with van der Waals surface area (Å²) in [5.41, 5.74) is 2.77. The predicted molar refractivity (Wildman–Crippen MR) is 132 cm³/mol. The molecule has 6 nitrogen and oxygen atoms in total. The Kier molecular flexibility index (Phi) is 10.8. The average molecular weight is 445 g/mol. The number of benzene rings is 1. The van der Waals surface area contributed by atoms with Gasteiger partial charge in [0.2, 0.25) is 0 Å². The number of nitrogens with one attached hydrogen (secondary N) is 1. The smallest absolute Gasteiger partial charge is 0.194 e. The molecule has 2 heterocycles. The van der Waals surface area contributed by atoms with E-state index in [4.69, 9.17) is 14.5 Å². The molecule has 180 valence electrons. The van der Waals surface area contributed by atoms with Gasteiger partial charge in [-0.2, -0.15) is 0 Å². The second-order valence-corrected chi connectivity index (χ2v) is 9.32. The molecule has 1 aromatic carbocycles. The second-order valence-electron chi connectivity index (χ2n) is 9.32. The van der Waals surface area contributed by atoms with Gasteiger partial charge in [-0.3, -0.25) is 4.90 Å². The molecule has 0 amide bonds. The van der Waals surface area contributed by atoms with E-state index in [1.807, 2.05) is 0 Å². The number of nitrogens with zero attached hydrogens (tertiary/aromatic N) is 3. The van der Waals surface area contributed by atoms with Gasteiger partial charge in [-0.15, -0.1) is 0 Å². The molecule has 0 bridgehead atoms. The van der Waals surface area contributed by atoms with Crippen molar-refractivity contribution in [3.05, 3.63) is 35.4 Å². The van der Waals surface area contributed by atoms with E-state index in [0.717, 1.165) is 77.1 Å². The number of aliphatic imine (C=N–C) groups is 1. The van der Waals surface area contributed by atoms with Crippen molar-refractivity contribution < 1.29 is 9.47 Å². The first-order chi connectivity index (χ1) is 15.7. The normalized spacial score (nSPS) is 21.2. The maximum atomic E-state index is 6.03. The number of methoxy groups -OCH3 is 1. The first-order valence-electron chi connectivity index (χ1n) is 12.6. The van der Waals surface area contributed by atoms with E-state index >= 15 is 0 Å². The van der Waals surface area contributed by atoms with Crippen LogP contribution in [0.15, 0.2) is 29.3 Å². The quantitative estimate of drug-likeness (QED) is 0.337. The Morgan fingerprint density at radius 3 is 2.59 bits per heavy atom. The molecule has 2 saturated heterocycles. The fraction of sp³-hybridized carbons (Fsp3) is 0.731. The van der Waals surface area contributed by atoms with E-state index in [9.17, 15) is 0 Å². The number of hydrogen-bond donors (Lipinski definition) is 1. The van der Waals surface area contributed by atoms with E-state index in [1.54, 1.807) is 7.11 Å². The standard InChI is InChI=1S/C26H44N4O2/c1-4-27-26(30-15-12-25(13-16-30)32-18-8-17-31-3)28-19-23-10-5-6-11-24(23)21-29-14-7-9-22(2)20-29/h5-6,10-11,22,25H,4,7-9,12-21H2,1-3H3,(H,27,28). The summed E-state index contributed by atoms with van der Waals surface area (Å²) in [6.45, 7) is 13.2. The van der Waals surface area contributed by atoms with E-state index in [-0.39, 0.29) is 0 Å². The van der Waals surface area contributed by atoms with E-state index < -0.39 is 0 Å². The molecule has 3 rings (SSSR count). The summed E-state index contributed by atoms with van der Waals surface area (Å²) >= 11 is 0. The van der Waals surface area contributed by atoms with Crippen molar-refractivity contribution >= 4 is 5.96 Å². The zero-order valence-electron chi connectivity index (χ0n) is 20.5. The molecule has 1 aromatic rings. The minimum atomic E-state index is 0.360. The molecule has 2 aliphatic rings. The predicted octanol–water partition coefficient (Wildman–Crippen LogP) is 3.90. The highest BCUT2D eigenvalue weighted by Gasteiger charge is 2.22. The topological polar surface area (TPSA) is 49.3 Å². The van der Waals surface area contributed by atoms with Crippen molar-refractivity contribution in [2.45, 2.75) is 65.1 Å². The van der Waals surface area contributed by atoms with Crippen LogP contribution < -0.4 is 5.32 Å². The molecule has 0 aromatic heterocycles. The van der Waals surface area contributed by atoms with Gasteiger partial charge in [0.25, 0.3) is 0 Å². The fourth-order valence-electron chi connectivity index (χ4n) is 4.81. The molecule has 6 heteroatoms. The molecule has 2 fully saturated rings. The first kappa shape index (κ1) is 25.0. The second kappa shape index (κ2) is 13.8. The van der Waals surface area contributed by atoms with Crippen molar-refractivity contribution in [1.82, 2.24) is 15.1 Å². The lowest BCUT2D eigenvalue weighted by atomic mass is 9.99. The highest BCUT2D eigenvalue weighted by atomic mass is 16.5. The maximum absolute atomic E-state index is 6.03. The van der Waals surface area contributed by atoms with Crippen LogP contribution in [0.2, 0.25) is 0 Å². The Hall–Kier alpha value is -1.63. The summed E-state index contributed by atoms with van der Waals surface area (Å²) in [5, 5.41) is 3.51. The molecule has 2 aliphatic heterocycles. The Balaban J connectivity index is 1.55. The van der Waals surface area contributed by atoms with Gasteiger partial charge in [0.1, 0.15) is 0 Å². The zero-order chi connectivity index (χ0) is 22.6. The highest BCUT2D eigenvalue weighted by Crippen LogP contribution is 2.20. The number of guanidine groups is 1. The van der Waals surface area contributed by atoms with Crippen LogP contribution in [0.4, 0.5) is 0 Å². The van der Waals surface area contributed by atoms with Crippen LogP contribution in [-0.2, 0) is 22.6 Å². The summed E-state index contributed by atoms with van der Waals surface area (Å²) in [6.07, 6.45) is 6.12. The van der Waals surface area contributed by atoms with Crippen LogP contribution in [0.5, 0.6) is 0 Å². The van der Waals surface area contributed by atoms with Gasteiger partial charge >= 0.3 is 0 Å². The average Bonchev–Trinajstić information content (AvgIpc) is 2.81. The van der Waals surface area contributed by atoms with Crippen molar-refractivity contribution in [1.29, 1.82) is 0 Å². The molecule has 1 unspecified atom stereocenters. The number of hydrogen-bond acceptors (Lipinski definition) is 4. The molecule has 0 radical (unpaired) electrons. The Morgan fingerprint density at radius 2 is 1.88 bits per heavy atom. The van der Waals surface area contributed by atoms with Gasteiger partial charge in [0.15, 0.2) is 5.96 Å². The number of piperidine rings is 2. The largest absolute Gasteiger partial charge is 0.385 e. The lowest BCUT2D eigenvalue weighted by Crippen LogP contribution is -2.47. The van der Waals surface area contributed by atoms with Crippen LogP contribution >= 0.6 is 0 Å². The summed E-state index contributed by atoms with van der Waals surface area (Å²) in [5.74, 6) is 1.84. The van der Waals surface area contributed by atoms with Crippen molar-refractivity contribution in [3.8, 4) is 0 Å². The molecule has 1 atom stereocenters. The van der Waals surface area contributed by atoms with E-state index in [0.29, 0.717) is 6.10 Å². The minimum absolute atomic E-state index is 0.360. The number of rotatable bonds is 10. The molecule has 0 aliphatic carbocycles. The van der Waals surface area contributed by atoms with E-state index in [1.165, 1.54) is 37.1 Å². The third kappa shape index (κ3) is 8.05. The third-order valence-electron chi connectivity index (χ3n) is 6.58. The van der Waals surface area contributed by atoms with Crippen molar-refractivity contribution in [2.75, 3.05) is 53.0 Å². The molecule has 0 spiro atoms. The SMILES string of the molecule is CCNC(=NCc1ccccc1CN1CCCC(C)C1)N1CCC(OCCCOC)CC1. The first-order valence-corrected chi connectivity index (χ1v) is 12.6. The Labute approximate surface area is 195 Å². The summed E-state index contributed by atoms with van der Waals surface area (Å²) in [6, 6.07) is 8.84. The molecule has 32 heavy (non-hydrogen) atoms. The van der Waals surface area contributed by atoms with E-state index in [2.05, 4.69) is 53.2 Å². The molecular formula is C26H44N4O2. The van der Waals surface area contributed by atoms with Gasteiger partial charge in [0, 0.05) is 53.0 Å². The number of likely N-dealkylation sites (tertiary alicyclic amines) is 2. The number of ether oxygens (including phenoxy) is 2. The van der Waals surface area contributed by atoms with Crippen LogP contribution in [-0.4, -0.2) is 74.9 Å². The summed E-state index contributed by atoms with van der Waals surface area (Å²) in [4.78, 5) is 10.0. The summed E-state index contributed by atoms with van der Waals surface area (Å²) < 4.78 is 11.1. The van der Waals surface area contributed by atoms with Gasteiger partial charge < -0.3 is 19.7 Å². The monoisotopic (exact) mass is 444 g/mol. The van der Waals surface area contributed by atoms with Gasteiger partial charge in [-0.1, -0.05) is 31.2 Å². The lowest BCUT2D eigenvalue weighted by Gasteiger charge is -2.34. The van der Waals surface area contributed by atoms with Crippen LogP contribution in [0, 0.1) is 5.92 Å².